The molecular weight excluding hydrogens is 214 g/mol. The maximum atomic E-state index is 8.81. The lowest BCUT2D eigenvalue weighted by molar-refractivity contribution is 0.130. The molecule has 0 aliphatic heterocycles. The summed E-state index contributed by atoms with van der Waals surface area (Å²) in [5, 5.41) is 8.81. The summed E-state index contributed by atoms with van der Waals surface area (Å²) < 4.78 is 5.72. The summed E-state index contributed by atoms with van der Waals surface area (Å²) in [6, 6.07) is 2.78. The predicted molar refractivity (Wildman–Crippen MR) is 63.4 cm³/mol. The third-order valence-electron chi connectivity index (χ3n) is 3.22. The van der Waals surface area contributed by atoms with Gasteiger partial charge in [-0.3, -0.25) is 0 Å². The Morgan fingerprint density at radius 1 is 1.29 bits per heavy atom. The van der Waals surface area contributed by atoms with Crippen LogP contribution in [-0.4, -0.2) is 16.1 Å². The van der Waals surface area contributed by atoms with Crippen molar-refractivity contribution in [2.75, 3.05) is 0 Å². The quantitative estimate of drug-likeness (QED) is 0.802. The normalized spacial score (nSPS) is 24.0. The van der Waals surface area contributed by atoms with Crippen molar-refractivity contribution in [1.82, 2.24) is 9.97 Å². The van der Waals surface area contributed by atoms with Crippen molar-refractivity contribution < 1.29 is 4.74 Å². The highest BCUT2D eigenvalue weighted by Gasteiger charge is 2.22. The van der Waals surface area contributed by atoms with Crippen molar-refractivity contribution in [1.29, 1.82) is 5.26 Å². The van der Waals surface area contributed by atoms with Gasteiger partial charge in [-0.25, -0.2) is 9.97 Å². The minimum absolute atomic E-state index is 0.173. The SMILES string of the molecule is CCc1cnc(OC2CCC(C#N)CC2)nc1. The third kappa shape index (κ3) is 3.16. The van der Waals surface area contributed by atoms with Gasteiger partial charge in [-0.1, -0.05) is 6.92 Å². The number of aryl methyl sites for hydroxylation is 1. The molecular formula is C13H17N3O. The van der Waals surface area contributed by atoms with Gasteiger partial charge in [-0.05, 0) is 37.7 Å². The van der Waals surface area contributed by atoms with Crippen LogP contribution in [0.15, 0.2) is 12.4 Å². The van der Waals surface area contributed by atoms with Crippen LogP contribution in [0.25, 0.3) is 0 Å². The minimum atomic E-state index is 0.173. The maximum absolute atomic E-state index is 8.81. The maximum Gasteiger partial charge on any atom is 0.316 e. The van der Waals surface area contributed by atoms with E-state index in [0.717, 1.165) is 37.7 Å². The van der Waals surface area contributed by atoms with Crippen LogP contribution in [0.1, 0.15) is 38.2 Å². The Balaban J connectivity index is 1.87. The monoisotopic (exact) mass is 231 g/mol. The topological polar surface area (TPSA) is 58.8 Å². The Hall–Kier alpha value is -1.63. The molecule has 90 valence electrons. The predicted octanol–water partition coefficient (Wildman–Crippen LogP) is 2.50. The summed E-state index contributed by atoms with van der Waals surface area (Å²) in [6.45, 7) is 2.07. The Kier molecular flexibility index (Phi) is 3.92. The van der Waals surface area contributed by atoms with Crippen molar-refractivity contribution >= 4 is 0 Å². The number of aromatic nitrogens is 2. The number of nitriles is 1. The lowest BCUT2D eigenvalue weighted by Gasteiger charge is -2.24. The van der Waals surface area contributed by atoms with E-state index in [4.69, 9.17) is 10.00 Å². The molecule has 4 nitrogen and oxygen atoms in total. The first-order chi connectivity index (χ1) is 8.31. The average molecular weight is 231 g/mol. The molecule has 0 unspecified atom stereocenters. The highest BCUT2D eigenvalue weighted by molar-refractivity contribution is 5.07. The summed E-state index contributed by atoms with van der Waals surface area (Å²) >= 11 is 0. The van der Waals surface area contributed by atoms with Crippen LogP contribution in [0, 0.1) is 17.2 Å². The van der Waals surface area contributed by atoms with Crippen molar-refractivity contribution in [3.05, 3.63) is 18.0 Å². The lowest BCUT2D eigenvalue weighted by Crippen LogP contribution is -2.24. The second-order valence-corrected chi connectivity index (χ2v) is 4.45. The molecule has 1 heterocycles. The van der Waals surface area contributed by atoms with Crippen molar-refractivity contribution in [3.63, 3.8) is 0 Å². The lowest BCUT2D eigenvalue weighted by atomic mass is 9.88. The van der Waals surface area contributed by atoms with Gasteiger partial charge in [0.15, 0.2) is 0 Å². The highest BCUT2D eigenvalue weighted by atomic mass is 16.5. The molecule has 1 saturated carbocycles. The van der Waals surface area contributed by atoms with Gasteiger partial charge in [0.2, 0.25) is 0 Å². The number of rotatable bonds is 3. The zero-order chi connectivity index (χ0) is 12.1. The van der Waals surface area contributed by atoms with Gasteiger partial charge in [-0.15, -0.1) is 0 Å². The molecule has 0 aromatic carbocycles. The molecule has 0 bridgehead atoms. The molecule has 1 aliphatic carbocycles. The second kappa shape index (κ2) is 5.62. The summed E-state index contributed by atoms with van der Waals surface area (Å²) in [5.74, 6) is 0.207. The largest absolute Gasteiger partial charge is 0.460 e. The van der Waals surface area contributed by atoms with Gasteiger partial charge in [-0.2, -0.15) is 5.26 Å². The second-order valence-electron chi connectivity index (χ2n) is 4.45. The number of nitrogens with zero attached hydrogens (tertiary/aromatic N) is 3. The molecule has 0 radical (unpaired) electrons. The molecule has 1 aromatic rings. The number of ether oxygens (including phenoxy) is 1. The van der Waals surface area contributed by atoms with Crippen molar-refractivity contribution in [2.45, 2.75) is 45.1 Å². The standard InChI is InChI=1S/C13H17N3O/c1-2-10-8-15-13(16-9-10)17-12-5-3-11(7-14)4-6-12/h8-9,11-12H,2-6H2,1H3. The van der Waals surface area contributed by atoms with Crippen LogP contribution in [0.2, 0.25) is 0 Å². The first-order valence-electron chi connectivity index (χ1n) is 6.19. The van der Waals surface area contributed by atoms with E-state index in [0.29, 0.717) is 6.01 Å². The van der Waals surface area contributed by atoms with Gasteiger partial charge in [0, 0.05) is 18.3 Å². The van der Waals surface area contributed by atoms with Crippen LogP contribution in [0.4, 0.5) is 0 Å². The van der Waals surface area contributed by atoms with E-state index in [-0.39, 0.29) is 12.0 Å². The fraction of sp³-hybridized carbons (Fsp3) is 0.615. The van der Waals surface area contributed by atoms with E-state index in [1.165, 1.54) is 0 Å². The first-order valence-corrected chi connectivity index (χ1v) is 6.19. The molecule has 1 aliphatic rings. The van der Waals surface area contributed by atoms with E-state index in [1.54, 1.807) is 0 Å². The fourth-order valence-corrected chi connectivity index (χ4v) is 2.05. The summed E-state index contributed by atoms with van der Waals surface area (Å²) in [6.07, 6.45) is 8.43. The number of hydrogen-bond acceptors (Lipinski definition) is 4. The molecule has 0 atom stereocenters. The van der Waals surface area contributed by atoms with Gasteiger partial charge in [0.25, 0.3) is 0 Å². The van der Waals surface area contributed by atoms with Crippen LogP contribution >= 0.6 is 0 Å². The Morgan fingerprint density at radius 3 is 2.47 bits per heavy atom. The molecule has 0 N–H and O–H groups in total. The summed E-state index contributed by atoms with van der Waals surface area (Å²) in [7, 11) is 0. The molecule has 1 aromatic heterocycles. The summed E-state index contributed by atoms with van der Waals surface area (Å²) in [4.78, 5) is 8.37. The van der Waals surface area contributed by atoms with E-state index >= 15 is 0 Å². The van der Waals surface area contributed by atoms with Crippen LogP contribution < -0.4 is 4.74 Å². The van der Waals surface area contributed by atoms with Crippen LogP contribution in [-0.2, 0) is 6.42 Å². The molecule has 0 saturated heterocycles. The Morgan fingerprint density at radius 2 is 1.94 bits per heavy atom. The minimum Gasteiger partial charge on any atom is -0.460 e. The first kappa shape index (κ1) is 11.8. The smallest absolute Gasteiger partial charge is 0.316 e. The van der Waals surface area contributed by atoms with Crippen molar-refractivity contribution in [3.8, 4) is 12.1 Å². The summed E-state index contributed by atoms with van der Waals surface area (Å²) in [5.41, 5.74) is 1.12. The average Bonchev–Trinajstić information content (AvgIpc) is 2.40. The number of hydrogen-bond donors (Lipinski definition) is 0. The molecule has 17 heavy (non-hydrogen) atoms. The van der Waals surface area contributed by atoms with Gasteiger partial charge in [0.1, 0.15) is 6.10 Å². The van der Waals surface area contributed by atoms with E-state index in [9.17, 15) is 0 Å². The zero-order valence-corrected chi connectivity index (χ0v) is 10.1. The van der Waals surface area contributed by atoms with Crippen LogP contribution in [0.3, 0.4) is 0 Å². The zero-order valence-electron chi connectivity index (χ0n) is 10.1. The van der Waals surface area contributed by atoms with Gasteiger partial charge in [0.05, 0.1) is 6.07 Å². The van der Waals surface area contributed by atoms with E-state index in [2.05, 4.69) is 23.0 Å². The van der Waals surface area contributed by atoms with E-state index in [1.807, 2.05) is 12.4 Å². The van der Waals surface area contributed by atoms with Gasteiger partial charge < -0.3 is 4.74 Å². The molecule has 1 fully saturated rings. The van der Waals surface area contributed by atoms with Gasteiger partial charge >= 0.3 is 6.01 Å². The van der Waals surface area contributed by atoms with E-state index < -0.39 is 0 Å². The highest BCUT2D eigenvalue weighted by Crippen LogP contribution is 2.25. The van der Waals surface area contributed by atoms with Crippen molar-refractivity contribution in [2.24, 2.45) is 5.92 Å². The van der Waals surface area contributed by atoms with Crippen LogP contribution in [0.5, 0.6) is 6.01 Å². The Bertz CT molecular complexity index is 388. The molecule has 2 rings (SSSR count). The molecule has 0 amide bonds. The fourth-order valence-electron chi connectivity index (χ4n) is 2.05. The Labute approximate surface area is 102 Å². The third-order valence-corrected chi connectivity index (χ3v) is 3.22. The molecule has 4 heteroatoms. The molecule has 0 spiro atoms.